The van der Waals surface area contributed by atoms with E-state index in [1.807, 2.05) is 30.5 Å². The topological polar surface area (TPSA) is 90.0 Å². The Balaban J connectivity index is 1.82. The molecule has 0 saturated heterocycles. The molecule has 7 heteroatoms. The molecule has 2 N–H and O–H groups in total. The van der Waals surface area contributed by atoms with Crippen LogP contribution in [-0.4, -0.2) is 16.2 Å². The number of fused-ring (bicyclic) bond motifs is 1. The van der Waals surface area contributed by atoms with Crippen molar-refractivity contribution in [2.24, 2.45) is 5.10 Å². The molecule has 3 aromatic rings. The molecule has 2 heterocycles. The first-order valence-electron chi connectivity index (χ1n) is 8.12. The number of nitriles is 1. The molecule has 0 aliphatic carbocycles. The first-order valence-corrected chi connectivity index (χ1v) is 8.92. The van der Waals surface area contributed by atoms with Crippen molar-refractivity contribution in [3.63, 3.8) is 0 Å². The van der Waals surface area contributed by atoms with Gasteiger partial charge in [-0.05, 0) is 31.0 Å². The van der Waals surface area contributed by atoms with E-state index >= 15 is 0 Å². The number of oxazole rings is 1. The minimum absolute atomic E-state index is 0.206. The van der Waals surface area contributed by atoms with Crippen LogP contribution in [0.1, 0.15) is 49.8 Å². The average molecular weight is 400 g/mol. The van der Waals surface area contributed by atoms with E-state index in [0.29, 0.717) is 5.89 Å². The van der Waals surface area contributed by atoms with Crippen LogP contribution in [0.4, 0.5) is 5.88 Å². The highest BCUT2D eigenvalue weighted by atomic mass is 79.9. The lowest BCUT2D eigenvalue weighted by atomic mass is 10.0. The molecule has 25 heavy (non-hydrogen) atoms. The molecule has 0 bridgehead atoms. The molecule has 128 valence electrons. The lowest BCUT2D eigenvalue weighted by molar-refractivity contribution is 0.439. The van der Waals surface area contributed by atoms with Crippen LogP contribution in [0, 0.1) is 11.3 Å². The van der Waals surface area contributed by atoms with Crippen molar-refractivity contribution in [3.8, 4) is 6.07 Å². The van der Waals surface area contributed by atoms with Crippen LogP contribution in [0.2, 0.25) is 0 Å². The first kappa shape index (κ1) is 17.2. The smallest absolute Gasteiger partial charge is 0.252 e. The fraction of sp³-hybridized carbons (Fsp3) is 0.278. The molecule has 1 aromatic carbocycles. The number of nitrogens with one attached hydrogen (secondary N) is 2. The zero-order valence-electron chi connectivity index (χ0n) is 14.0. The van der Waals surface area contributed by atoms with Crippen LogP contribution in [0.5, 0.6) is 0 Å². The van der Waals surface area contributed by atoms with Crippen molar-refractivity contribution in [2.75, 3.05) is 5.43 Å². The number of aromatic nitrogens is 2. The molecule has 0 atom stereocenters. The zero-order valence-corrected chi connectivity index (χ0v) is 15.6. The standard InChI is InChI=1S/C18H18BrN5O/c1-3-11(4-2)17-23-16(8-20)18(25-17)24-22-10-12-9-21-15-6-5-13(19)7-14(12)15/h5-7,9-11,21,24H,3-4H2,1-2H3/b22-10+. The molecule has 0 spiro atoms. The van der Waals surface area contributed by atoms with Gasteiger partial charge >= 0.3 is 0 Å². The molecule has 0 saturated carbocycles. The summed E-state index contributed by atoms with van der Waals surface area (Å²) >= 11 is 3.47. The molecule has 0 unspecified atom stereocenters. The van der Waals surface area contributed by atoms with Gasteiger partial charge in [-0.2, -0.15) is 10.4 Å². The summed E-state index contributed by atoms with van der Waals surface area (Å²) in [5, 5.41) is 14.5. The Kier molecular flexibility index (Phi) is 5.19. The first-order chi connectivity index (χ1) is 12.2. The van der Waals surface area contributed by atoms with Gasteiger partial charge in [0, 0.05) is 33.1 Å². The summed E-state index contributed by atoms with van der Waals surface area (Å²) in [5.74, 6) is 1.06. The summed E-state index contributed by atoms with van der Waals surface area (Å²) < 4.78 is 6.70. The third-order valence-corrected chi connectivity index (χ3v) is 4.62. The van der Waals surface area contributed by atoms with Gasteiger partial charge in [-0.15, -0.1) is 0 Å². The number of nitrogens with zero attached hydrogens (tertiary/aromatic N) is 3. The lowest BCUT2D eigenvalue weighted by Gasteiger charge is -2.05. The zero-order chi connectivity index (χ0) is 17.8. The van der Waals surface area contributed by atoms with Gasteiger partial charge in [0.2, 0.25) is 11.6 Å². The molecule has 0 radical (unpaired) electrons. The summed E-state index contributed by atoms with van der Waals surface area (Å²) in [7, 11) is 0. The number of aromatic amines is 1. The Hall–Kier alpha value is -2.59. The van der Waals surface area contributed by atoms with Crippen LogP contribution in [0.15, 0.2) is 38.4 Å². The normalized spacial score (nSPS) is 11.5. The van der Waals surface area contributed by atoms with E-state index in [4.69, 9.17) is 4.42 Å². The van der Waals surface area contributed by atoms with Gasteiger partial charge in [0.05, 0.1) is 6.21 Å². The summed E-state index contributed by atoms with van der Waals surface area (Å²) in [5.41, 5.74) is 4.98. The molecule has 6 nitrogen and oxygen atoms in total. The molecule has 3 rings (SSSR count). The molecule has 0 amide bonds. The summed E-state index contributed by atoms with van der Waals surface area (Å²) in [6.07, 6.45) is 5.39. The summed E-state index contributed by atoms with van der Waals surface area (Å²) in [4.78, 5) is 7.46. The Labute approximate surface area is 154 Å². The third-order valence-electron chi connectivity index (χ3n) is 4.13. The van der Waals surface area contributed by atoms with Gasteiger partial charge in [0.15, 0.2) is 0 Å². The number of anilines is 1. The molecule has 0 fully saturated rings. The predicted molar refractivity (Wildman–Crippen MR) is 102 cm³/mol. The van der Waals surface area contributed by atoms with Gasteiger partial charge < -0.3 is 9.40 Å². The highest BCUT2D eigenvalue weighted by Gasteiger charge is 2.18. The van der Waals surface area contributed by atoms with E-state index in [1.165, 1.54) is 0 Å². The van der Waals surface area contributed by atoms with E-state index in [9.17, 15) is 5.26 Å². The van der Waals surface area contributed by atoms with Crippen molar-refractivity contribution < 1.29 is 4.42 Å². The maximum Gasteiger partial charge on any atom is 0.252 e. The highest BCUT2D eigenvalue weighted by molar-refractivity contribution is 9.10. The van der Waals surface area contributed by atoms with Crippen LogP contribution < -0.4 is 5.43 Å². The maximum atomic E-state index is 9.24. The van der Waals surface area contributed by atoms with Crippen molar-refractivity contribution in [1.29, 1.82) is 5.26 Å². The molecular formula is C18H18BrN5O. The van der Waals surface area contributed by atoms with Crippen molar-refractivity contribution >= 4 is 38.9 Å². The number of hydrogen-bond donors (Lipinski definition) is 2. The SMILES string of the molecule is CCC(CC)c1nc(C#N)c(N/N=C/c2c[nH]c3ccc(Br)cc23)o1. The predicted octanol–water partition coefficient (Wildman–Crippen LogP) is 5.14. The van der Waals surface area contributed by atoms with Gasteiger partial charge in [0.1, 0.15) is 6.07 Å². The quantitative estimate of drug-likeness (QED) is 0.443. The average Bonchev–Trinajstić information content (AvgIpc) is 3.20. The van der Waals surface area contributed by atoms with E-state index < -0.39 is 0 Å². The molecular weight excluding hydrogens is 382 g/mol. The summed E-state index contributed by atoms with van der Waals surface area (Å²) in [6, 6.07) is 8.04. The van der Waals surface area contributed by atoms with Gasteiger partial charge in [0.25, 0.3) is 5.88 Å². The second-order valence-electron chi connectivity index (χ2n) is 5.66. The van der Waals surface area contributed by atoms with Gasteiger partial charge in [-0.3, -0.25) is 0 Å². The second-order valence-corrected chi connectivity index (χ2v) is 6.57. The van der Waals surface area contributed by atoms with E-state index in [-0.39, 0.29) is 17.5 Å². The number of H-pyrrole nitrogens is 1. The summed E-state index contributed by atoms with van der Waals surface area (Å²) in [6.45, 7) is 4.15. The number of benzene rings is 1. The van der Waals surface area contributed by atoms with E-state index in [2.05, 4.69) is 50.3 Å². The monoisotopic (exact) mass is 399 g/mol. The van der Waals surface area contributed by atoms with E-state index in [1.54, 1.807) is 6.21 Å². The molecule has 0 aliphatic heterocycles. The number of hydrazone groups is 1. The second kappa shape index (κ2) is 7.53. The lowest BCUT2D eigenvalue weighted by Crippen LogP contribution is -1.95. The highest BCUT2D eigenvalue weighted by Crippen LogP contribution is 2.27. The molecule has 0 aliphatic rings. The Bertz CT molecular complexity index is 946. The van der Waals surface area contributed by atoms with Gasteiger partial charge in [-0.1, -0.05) is 29.8 Å². The Morgan fingerprint density at radius 1 is 1.44 bits per heavy atom. The number of halogens is 1. The number of rotatable bonds is 6. The van der Waals surface area contributed by atoms with E-state index in [0.717, 1.165) is 33.8 Å². The van der Waals surface area contributed by atoms with Crippen molar-refractivity contribution in [2.45, 2.75) is 32.6 Å². The van der Waals surface area contributed by atoms with Crippen LogP contribution in [0.3, 0.4) is 0 Å². The molecule has 2 aromatic heterocycles. The fourth-order valence-corrected chi connectivity index (χ4v) is 3.04. The fourth-order valence-electron chi connectivity index (χ4n) is 2.68. The van der Waals surface area contributed by atoms with Crippen LogP contribution >= 0.6 is 15.9 Å². The largest absolute Gasteiger partial charge is 0.422 e. The van der Waals surface area contributed by atoms with Crippen molar-refractivity contribution in [3.05, 3.63) is 46.0 Å². The van der Waals surface area contributed by atoms with Crippen molar-refractivity contribution in [1.82, 2.24) is 9.97 Å². The van der Waals surface area contributed by atoms with Crippen LogP contribution in [0.25, 0.3) is 10.9 Å². The third kappa shape index (κ3) is 3.59. The van der Waals surface area contributed by atoms with Gasteiger partial charge in [-0.25, -0.2) is 10.4 Å². The minimum Gasteiger partial charge on any atom is -0.422 e. The minimum atomic E-state index is 0.206. The number of hydrogen-bond acceptors (Lipinski definition) is 5. The maximum absolute atomic E-state index is 9.24. The van der Waals surface area contributed by atoms with Crippen LogP contribution in [-0.2, 0) is 0 Å². The Morgan fingerprint density at radius 3 is 2.96 bits per heavy atom. The Morgan fingerprint density at radius 2 is 2.24 bits per heavy atom.